The highest BCUT2D eigenvalue weighted by atomic mass is 32.2. The highest BCUT2D eigenvalue weighted by Gasteiger charge is 2.24. The van der Waals surface area contributed by atoms with Crippen LogP contribution in [-0.2, 0) is 16.4 Å². The molecule has 0 bridgehead atoms. The second-order valence-corrected chi connectivity index (χ2v) is 8.44. The Hall–Kier alpha value is -2.34. The van der Waals surface area contributed by atoms with E-state index in [2.05, 4.69) is 5.32 Å². The SMILES string of the molecule is Cc1ccc(C(=O)Nc2ccc3c(c2)N(S(C)(=O)=O)CCC3)cc1C. The van der Waals surface area contributed by atoms with E-state index in [-0.39, 0.29) is 5.91 Å². The van der Waals surface area contributed by atoms with Crippen LogP contribution < -0.4 is 9.62 Å². The fourth-order valence-corrected chi connectivity index (χ4v) is 4.04. The molecule has 2 aromatic rings. The maximum absolute atomic E-state index is 12.5. The van der Waals surface area contributed by atoms with E-state index in [4.69, 9.17) is 0 Å². The second-order valence-electron chi connectivity index (χ2n) is 6.54. The van der Waals surface area contributed by atoms with E-state index in [0.29, 0.717) is 23.5 Å². The molecule has 6 heteroatoms. The lowest BCUT2D eigenvalue weighted by Gasteiger charge is -2.29. The van der Waals surface area contributed by atoms with Gasteiger partial charge in [-0.3, -0.25) is 9.10 Å². The molecule has 2 aromatic carbocycles. The number of carbonyl (C=O) groups excluding carboxylic acids is 1. The standard InChI is InChI=1S/C19H22N2O3S/c1-13-6-7-16(11-14(13)2)19(22)20-17-9-8-15-5-4-10-21(18(15)12-17)25(3,23)24/h6-9,11-12H,4-5,10H2,1-3H3,(H,20,22). The van der Waals surface area contributed by atoms with Gasteiger partial charge in [-0.25, -0.2) is 8.42 Å². The van der Waals surface area contributed by atoms with Crippen LogP contribution in [0.25, 0.3) is 0 Å². The van der Waals surface area contributed by atoms with Gasteiger partial charge in [-0.1, -0.05) is 12.1 Å². The Kier molecular flexibility index (Phi) is 4.56. The monoisotopic (exact) mass is 358 g/mol. The summed E-state index contributed by atoms with van der Waals surface area (Å²) in [4.78, 5) is 12.5. The van der Waals surface area contributed by atoms with Crippen LogP contribution >= 0.6 is 0 Å². The number of nitrogens with one attached hydrogen (secondary N) is 1. The van der Waals surface area contributed by atoms with Crippen LogP contribution in [-0.4, -0.2) is 27.1 Å². The summed E-state index contributed by atoms with van der Waals surface area (Å²) in [6, 6.07) is 11.0. The van der Waals surface area contributed by atoms with Crippen molar-refractivity contribution in [3.05, 3.63) is 58.7 Å². The lowest BCUT2D eigenvalue weighted by atomic mass is 10.0. The normalized spacial score (nSPS) is 14.1. The van der Waals surface area contributed by atoms with E-state index in [1.165, 1.54) is 10.6 Å². The van der Waals surface area contributed by atoms with E-state index < -0.39 is 10.0 Å². The Morgan fingerprint density at radius 2 is 1.84 bits per heavy atom. The fraction of sp³-hybridized carbons (Fsp3) is 0.316. The third kappa shape index (κ3) is 3.69. The van der Waals surface area contributed by atoms with Crippen molar-refractivity contribution in [2.75, 3.05) is 22.4 Å². The lowest BCUT2D eigenvalue weighted by molar-refractivity contribution is 0.102. The van der Waals surface area contributed by atoms with E-state index >= 15 is 0 Å². The molecule has 1 heterocycles. The molecule has 0 saturated heterocycles. The molecule has 0 spiro atoms. The van der Waals surface area contributed by atoms with Crippen LogP contribution in [0, 0.1) is 13.8 Å². The van der Waals surface area contributed by atoms with E-state index in [1.807, 2.05) is 38.1 Å². The zero-order chi connectivity index (χ0) is 18.2. The van der Waals surface area contributed by atoms with Crippen LogP contribution in [0.1, 0.15) is 33.5 Å². The number of rotatable bonds is 3. The number of nitrogens with zero attached hydrogens (tertiary/aromatic N) is 1. The van der Waals surface area contributed by atoms with Crippen molar-refractivity contribution in [1.82, 2.24) is 0 Å². The lowest BCUT2D eigenvalue weighted by Crippen LogP contribution is -2.34. The maximum Gasteiger partial charge on any atom is 0.255 e. The van der Waals surface area contributed by atoms with Gasteiger partial charge in [0.05, 0.1) is 11.9 Å². The van der Waals surface area contributed by atoms with Crippen molar-refractivity contribution >= 4 is 27.3 Å². The summed E-state index contributed by atoms with van der Waals surface area (Å²) in [6.07, 6.45) is 2.85. The summed E-state index contributed by atoms with van der Waals surface area (Å²) in [5.74, 6) is -0.204. The summed E-state index contributed by atoms with van der Waals surface area (Å²) >= 11 is 0. The largest absolute Gasteiger partial charge is 0.322 e. The molecule has 3 rings (SSSR count). The molecule has 132 valence electrons. The molecular formula is C19H22N2O3S. The van der Waals surface area contributed by atoms with Crippen molar-refractivity contribution in [3.63, 3.8) is 0 Å². The highest BCUT2D eigenvalue weighted by molar-refractivity contribution is 7.92. The second kappa shape index (κ2) is 6.52. The van der Waals surface area contributed by atoms with Gasteiger partial charge in [-0.2, -0.15) is 0 Å². The summed E-state index contributed by atoms with van der Waals surface area (Å²) in [5, 5.41) is 2.87. The maximum atomic E-state index is 12.5. The predicted octanol–water partition coefficient (Wildman–Crippen LogP) is 3.27. The Bertz CT molecular complexity index is 936. The van der Waals surface area contributed by atoms with Crippen LogP contribution in [0.15, 0.2) is 36.4 Å². The zero-order valence-corrected chi connectivity index (χ0v) is 15.5. The molecular weight excluding hydrogens is 336 g/mol. The molecule has 0 aromatic heterocycles. The van der Waals surface area contributed by atoms with E-state index in [0.717, 1.165) is 29.5 Å². The molecule has 0 radical (unpaired) electrons. The number of fused-ring (bicyclic) bond motifs is 1. The first-order valence-corrected chi connectivity index (χ1v) is 10.1. The van der Waals surface area contributed by atoms with Crippen LogP contribution in [0.2, 0.25) is 0 Å². The molecule has 25 heavy (non-hydrogen) atoms. The van der Waals surface area contributed by atoms with Crippen molar-refractivity contribution in [3.8, 4) is 0 Å². The Labute approximate surface area is 148 Å². The van der Waals surface area contributed by atoms with E-state index in [1.54, 1.807) is 12.1 Å². The molecule has 0 unspecified atom stereocenters. The zero-order valence-electron chi connectivity index (χ0n) is 14.7. The average Bonchev–Trinajstić information content (AvgIpc) is 2.55. The van der Waals surface area contributed by atoms with E-state index in [9.17, 15) is 13.2 Å². The van der Waals surface area contributed by atoms with Crippen molar-refractivity contribution in [2.45, 2.75) is 26.7 Å². The number of anilines is 2. The highest BCUT2D eigenvalue weighted by Crippen LogP contribution is 2.31. The van der Waals surface area contributed by atoms with Crippen molar-refractivity contribution in [2.24, 2.45) is 0 Å². The number of benzene rings is 2. The van der Waals surface area contributed by atoms with Gasteiger partial charge in [0, 0.05) is 17.8 Å². The van der Waals surface area contributed by atoms with Crippen molar-refractivity contribution in [1.29, 1.82) is 0 Å². The van der Waals surface area contributed by atoms with Crippen LogP contribution in [0.5, 0.6) is 0 Å². The molecule has 1 aliphatic heterocycles. The Morgan fingerprint density at radius 3 is 2.52 bits per heavy atom. The van der Waals surface area contributed by atoms with Crippen molar-refractivity contribution < 1.29 is 13.2 Å². The summed E-state index contributed by atoms with van der Waals surface area (Å²) in [6.45, 7) is 4.44. The number of aryl methyl sites for hydroxylation is 3. The smallest absolute Gasteiger partial charge is 0.255 e. The van der Waals surface area contributed by atoms with Gasteiger partial charge >= 0.3 is 0 Å². The Balaban J connectivity index is 1.89. The minimum Gasteiger partial charge on any atom is -0.322 e. The van der Waals surface area contributed by atoms with Crippen LogP contribution in [0.3, 0.4) is 0 Å². The van der Waals surface area contributed by atoms with Gasteiger partial charge < -0.3 is 5.32 Å². The fourth-order valence-electron chi connectivity index (χ4n) is 3.05. The summed E-state index contributed by atoms with van der Waals surface area (Å²) in [7, 11) is -3.33. The topological polar surface area (TPSA) is 66.5 Å². The summed E-state index contributed by atoms with van der Waals surface area (Å²) in [5.41, 5.74) is 5.02. The number of hydrogen-bond acceptors (Lipinski definition) is 3. The molecule has 0 atom stereocenters. The van der Waals surface area contributed by atoms with Gasteiger partial charge in [0.1, 0.15) is 0 Å². The number of carbonyl (C=O) groups is 1. The number of sulfonamides is 1. The minimum atomic E-state index is -3.33. The molecule has 0 saturated carbocycles. The molecule has 1 amide bonds. The minimum absolute atomic E-state index is 0.204. The predicted molar refractivity (Wildman–Crippen MR) is 101 cm³/mol. The summed E-state index contributed by atoms with van der Waals surface area (Å²) < 4.78 is 25.4. The molecule has 0 fully saturated rings. The van der Waals surface area contributed by atoms with Gasteiger partial charge in [0.15, 0.2) is 0 Å². The Morgan fingerprint density at radius 1 is 1.08 bits per heavy atom. The first-order chi connectivity index (χ1) is 11.8. The van der Waals surface area contributed by atoms with Gasteiger partial charge in [0.25, 0.3) is 5.91 Å². The molecule has 0 aliphatic carbocycles. The third-order valence-corrected chi connectivity index (χ3v) is 5.77. The first kappa shape index (κ1) is 17.5. The molecule has 5 nitrogen and oxygen atoms in total. The molecule has 1 N–H and O–H groups in total. The number of amides is 1. The van der Waals surface area contributed by atoms with Gasteiger partial charge in [-0.05, 0) is 67.6 Å². The number of hydrogen-bond donors (Lipinski definition) is 1. The first-order valence-electron chi connectivity index (χ1n) is 8.25. The van der Waals surface area contributed by atoms with Gasteiger partial charge in [0.2, 0.25) is 10.0 Å². The molecule has 1 aliphatic rings. The quantitative estimate of drug-likeness (QED) is 0.916. The van der Waals surface area contributed by atoms with Gasteiger partial charge in [-0.15, -0.1) is 0 Å². The average molecular weight is 358 g/mol. The third-order valence-electron chi connectivity index (χ3n) is 4.59. The van der Waals surface area contributed by atoms with Crippen LogP contribution in [0.4, 0.5) is 11.4 Å².